The number of aromatic nitrogens is 3. The summed E-state index contributed by atoms with van der Waals surface area (Å²) in [4.78, 5) is 15.6. The number of rotatable bonds is 9. The molecule has 0 bridgehead atoms. The standard InChI is InChI=1S/C14H22F3N5O2/c1-3-5-7-18-12(23)9-10(14(15,16)17)21-22-11(20-9)13(24)19-8-6-4-2/h13,19,24H,3-8H2,1-2H3,(H,18,23). The van der Waals surface area contributed by atoms with E-state index in [4.69, 9.17) is 0 Å². The summed E-state index contributed by atoms with van der Waals surface area (Å²) in [7, 11) is 0. The molecule has 1 aromatic heterocycles. The van der Waals surface area contributed by atoms with Gasteiger partial charge in [0.15, 0.2) is 23.4 Å². The lowest BCUT2D eigenvalue weighted by Gasteiger charge is -2.14. The van der Waals surface area contributed by atoms with Crippen LogP contribution in [-0.2, 0) is 6.18 Å². The smallest absolute Gasteiger partial charge is 0.371 e. The number of nitrogens with zero attached hydrogens (tertiary/aromatic N) is 3. The molecule has 3 N–H and O–H groups in total. The SMILES string of the molecule is CCCCNC(=O)c1nc(C(O)NCCCC)nnc1C(F)(F)F. The quantitative estimate of drug-likeness (QED) is 0.464. The van der Waals surface area contributed by atoms with Gasteiger partial charge in [-0.1, -0.05) is 26.7 Å². The van der Waals surface area contributed by atoms with Gasteiger partial charge in [-0.25, -0.2) is 4.98 Å². The Balaban J connectivity index is 3.02. The molecule has 1 unspecified atom stereocenters. The predicted molar refractivity (Wildman–Crippen MR) is 79.9 cm³/mol. The van der Waals surface area contributed by atoms with E-state index in [1.165, 1.54) is 0 Å². The molecular formula is C14H22F3N5O2. The Hall–Kier alpha value is -1.81. The van der Waals surface area contributed by atoms with E-state index in [0.29, 0.717) is 13.0 Å². The van der Waals surface area contributed by atoms with Crippen molar-refractivity contribution in [2.45, 2.75) is 51.9 Å². The lowest BCUT2D eigenvalue weighted by atomic mass is 10.2. The molecule has 0 saturated heterocycles. The van der Waals surface area contributed by atoms with Crippen LogP contribution in [0.4, 0.5) is 13.2 Å². The fourth-order valence-corrected chi connectivity index (χ4v) is 1.77. The summed E-state index contributed by atoms with van der Waals surface area (Å²) in [6.07, 6.45) is -3.23. The molecular weight excluding hydrogens is 327 g/mol. The van der Waals surface area contributed by atoms with E-state index in [9.17, 15) is 23.1 Å². The molecule has 10 heteroatoms. The predicted octanol–water partition coefficient (Wildman–Crippen LogP) is 1.80. The summed E-state index contributed by atoms with van der Waals surface area (Å²) in [5.41, 5.74) is -2.36. The number of aliphatic hydroxyl groups excluding tert-OH is 1. The minimum absolute atomic E-state index is 0.225. The third kappa shape index (κ3) is 6.00. The molecule has 1 heterocycles. The number of nitrogens with one attached hydrogen (secondary N) is 2. The summed E-state index contributed by atoms with van der Waals surface area (Å²) < 4.78 is 38.9. The van der Waals surface area contributed by atoms with E-state index >= 15 is 0 Å². The molecule has 1 amide bonds. The van der Waals surface area contributed by atoms with E-state index in [0.717, 1.165) is 19.3 Å². The van der Waals surface area contributed by atoms with Gasteiger partial charge in [-0.3, -0.25) is 10.1 Å². The number of amides is 1. The van der Waals surface area contributed by atoms with Gasteiger partial charge in [-0.2, -0.15) is 13.2 Å². The molecule has 0 fully saturated rings. The first-order valence-electron chi connectivity index (χ1n) is 7.82. The number of carbonyl (C=O) groups is 1. The van der Waals surface area contributed by atoms with Gasteiger partial charge in [-0.15, -0.1) is 10.2 Å². The van der Waals surface area contributed by atoms with E-state index in [1.807, 2.05) is 13.8 Å². The minimum atomic E-state index is -4.86. The summed E-state index contributed by atoms with van der Waals surface area (Å²) >= 11 is 0. The summed E-state index contributed by atoms with van der Waals surface area (Å²) in [5.74, 6) is -1.37. The van der Waals surface area contributed by atoms with Gasteiger partial charge in [-0.05, 0) is 19.4 Å². The first-order chi connectivity index (χ1) is 11.3. The number of unbranched alkanes of at least 4 members (excludes halogenated alkanes) is 2. The Kier molecular flexibility index (Phi) is 7.99. The summed E-state index contributed by atoms with van der Waals surface area (Å²) in [6.45, 7) is 4.49. The second-order valence-corrected chi connectivity index (χ2v) is 5.18. The molecule has 1 atom stereocenters. The topological polar surface area (TPSA) is 100 Å². The Morgan fingerprint density at radius 2 is 1.79 bits per heavy atom. The second kappa shape index (κ2) is 9.48. The van der Waals surface area contributed by atoms with Gasteiger partial charge < -0.3 is 10.4 Å². The van der Waals surface area contributed by atoms with Crippen LogP contribution in [0.2, 0.25) is 0 Å². The molecule has 1 rings (SSSR count). The highest BCUT2D eigenvalue weighted by Gasteiger charge is 2.39. The molecule has 1 aromatic rings. The van der Waals surface area contributed by atoms with Crippen molar-refractivity contribution in [3.05, 3.63) is 17.2 Å². The highest BCUT2D eigenvalue weighted by molar-refractivity contribution is 5.93. The van der Waals surface area contributed by atoms with Crippen LogP contribution in [0.5, 0.6) is 0 Å². The van der Waals surface area contributed by atoms with E-state index < -0.39 is 29.7 Å². The normalized spacial score (nSPS) is 12.9. The van der Waals surface area contributed by atoms with E-state index in [-0.39, 0.29) is 12.4 Å². The van der Waals surface area contributed by atoms with E-state index in [2.05, 4.69) is 25.8 Å². The third-order valence-electron chi connectivity index (χ3n) is 3.12. The Labute approximate surface area is 138 Å². The van der Waals surface area contributed by atoms with E-state index in [1.54, 1.807) is 0 Å². The minimum Gasteiger partial charge on any atom is -0.371 e. The monoisotopic (exact) mass is 349 g/mol. The molecule has 0 aliphatic heterocycles. The summed E-state index contributed by atoms with van der Waals surface area (Å²) in [6, 6.07) is 0. The Bertz CT molecular complexity index is 540. The maximum atomic E-state index is 13.0. The molecule has 136 valence electrons. The highest BCUT2D eigenvalue weighted by Crippen LogP contribution is 2.29. The number of hydrogen-bond donors (Lipinski definition) is 3. The van der Waals surface area contributed by atoms with Crippen molar-refractivity contribution in [3.63, 3.8) is 0 Å². The van der Waals surface area contributed by atoms with Gasteiger partial charge in [0.1, 0.15) is 0 Å². The van der Waals surface area contributed by atoms with Crippen LogP contribution in [0.3, 0.4) is 0 Å². The number of hydrogen-bond acceptors (Lipinski definition) is 6. The van der Waals surface area contributed by atoms with Crippen molar-refractivity contribution >= 4 is 5.91 Å². The molecule has 0 aromatic carbocycles. The average Bonchev–Trinajstić information content (AvgIpc) is 2.53. The van der Waals surface area contributed by atoms with Crippen LogP contribution in [0, 0.1) is 0 Å². The summed E-state index contributed by atoms with van der Waals surface area (Å²) in [5, 5.41) is 21.2. The fraction of sp³-hybridized carbons (Fsp3) is 0.714. The first kappa shape index (κ1) is 20.2. The van der Waals surface area contributed by atoms with Gasteiger partial charge in [0.2, 0.25) is 0 Å². The number of aliphatic hydroxyl groups is 1. The van der Waals surface area contributed by atoms with Crippen LogP contribution in [0.1, 0.15) is 67.8 Å². The zero-order valence-corrected chi connectivity index (χ0v) is 13.7. The maximum absolute atomic E-state index is 13.0. The largest absolute Gasteiger partial charge is 0.437 e. The van der Waals surface area contributed by atoms with Crippen molar-refractivity contribution in [2.75, 3.05) is 13.1 Å². The van der Waals surface area contributed by atoms with Crippen LogP contribution >= 0.6 is 0 Å². The first-order valence-corrected chi connectivity index (χ1v) is 7.82. The van der Waals surface area contributed by atoms with Crippen molar-refractivity contribution in [1.29, 1.82) is 0 Å². The van der Waals surface area contributed by atoms with Gasteiger partial charge in [0.05, 0.1) is 0 Å². The van der Waals surface area contributed by atoms with Crippen LogP contribution in [0.25, 0.3) is 0 Å². The zero-order chi connectivity index (χ0) is 18.2. The number of alkyl halides is 3. The van der Waals surface area contributed by atoms with Gasteiger partial charge in [0.25, 0.3) is 5.91 Å². The van der Waals surface area contributed by atoms with Crippen molar-refractivity contribution in [3.8, 4) is 0 Å². The van der Waals surface area contributed by atoms with Crippen molar-refractivity contribution in [2.24, 2.45) is 0 Å². The van der Waals surface area contributed by atoms with Crippen LogP contribution < -0.4 is 10.6 Å². The van der Waals surface area contributed by atoms with Crippen LogP contribution in [-0.4, -0.2) is 39.3 Å². The number of carbonyl (C=O) groups excluding carboxylic acids is 1. The Morgan fingerprint density at radius 3 is 2.38 bits per heavy atom. The molecule has 0 radical (unpaired) electrons. The van der Waals surface area contributed by atoms with Crippen molar-refractivity contribution in [1.82, 2.24) is 25.8 Å². The molecule has 24 heavy (non-hydrogen) atoms. The molecule has 0 saturated carbocycles. The third-order valence-corrected chi connectivity index (χ3v) is 3.12. The Morgan fingerprint density at radius 1 is 1.17 bits per heavy atom. The number of halogens is 3. The van der Waals surface area contributed by atoms with Crippen LogP contribution in [0.15, 0.2) is 0 Å². The zero-order valence-electron chi connectivity index (χ0n) is 13.7. The maximum Gasteiger partial charge on any atom is 0.437 e. The second-order valence-electron chi connectivity index (χ2n) is 5.18. The fourth-order valence-electron chi connectivity index (χ4n) is 1.77. The van der Waals surface area contributed by atoms with Gasteiger partial charge >= 0.3 is 6.18 Å². The lowest BCUT2D eigenvalue weighted by molar-refractivity contribution is -0.142. The van der Waals surface area contributed by atoms with Gasteiger partial charge in [0, 0.05) is 6.54 Å². The lowest BCUT2D eigenvalue weighted by Crippen LogP contribution is -2.32. The molecule has 0 aliphatic carbocycles. The molecule has 7 nitrogen and oxygen atoms in total. The highest BCUT2D eigenvalue weighted by atomic mass is 19.4. The molecule has 0 spiro atoms. The average molecular weight is 349 g/mol. The molecule has 0 aliphatic rings. The van der Waals surface area contributed by atoms with Crippen molar-refractivity contribution < 1.29 is 23.1 Å².